The summed E-state index contributed by atoms with van der Waals surface area (Å²) in [4.78, 5) is 0. The Balaban J connectivity index is 1.41. The summed E-state index contributed by atoms with van der Waals surface area (Å²) < 4.78 is 5.67. The smallest absolute Gasteiger partial charge is 0.0484 e. The lowest BCUT2D eigenvalue weighted by molar-refractivity contribution is 0.0320. The summed E-state index contributed by atoms with van der Waals surface area (Å²) >= 11 is 0. The van der Waals surface area contributed by atoms with Gasteiger partial charge in [0.1, 0.15) is 0 Å². The standard InChI is InChI=1S/C21H32N2O/c1-16(17-5-3-2-4-6-17)23-21(11-13-24-14-12-21)15-22-20(18-7-8-18)19-9-10-19/h2-6,16,18-20,22-23H,7-15H2,1H3/t16-/m1/s1. The molecule has 1 atom stereocenters. The van der Waals surface area contributed by atoms with Gasteiger partial charge in [-0.1, -0.05) is 30.3 Å². The normalized spacial score (nSPS) is 24.9. The van der Waals surface area contributed by atoms with Crippen molar-refractivity contribution in [3.63, 3.8) is 0 Å². The molecule has 2 N–H and O–H groups in total. The van der Waals surface area contributed by atoms with E-state index in [-0.39, 0.29) is 5.54 Å². The maximum absolute atomic E-state index is 5.67. The van der Waals surface area contributed by atoms with Crippen molar-refractivity contribution in [3.8, 4) is 0 Å². The Bertz CT molecular complexity index is 506. The second-order valence-electron chi connectivity index (χ2n) is 8.25. The monoisotopic (exact) mass is 328 g/mol. The fourth-order valence-electron chi connectivity index (χ4n) is 4.36. The van der Waals surface area contributed by atoms with Crippen LogP contribution in [0.5, 0.6) is 0 Å². The van der Waals surface area contributed by atoms with Crippen LogP contribution in [0.25, 0.3) is 0 Å². The van der Waals surface area contributed by atoms with Crippen molar-refractivity contribution in [2.45, 2.75) is 63.1 Å². The molecule has 4 rings (SSSR count). The highest BCUT2D eigenvalue weighted by Gasteiger charge is 2.43. The molecule has 1 aliphatic heterocycles. The van der Waals surface area contributed by atoms with Crippen molar-refractivity contribution in [3.05, 3.63) is 35.9 Å². The lowest BCUT2D eigenvalue weighted by Crippen LogP contribution is -2.58. The molecule has 3 heteroatoms. The van der Waals surface area contributed by atoms with Crippen LogP contribution in [0.4, 0.5) is 0 Å². The van der Waals surface area contributed by atoms with E-state index in [2.05, 4.69) is 47.9 Å². The highest BCUT2D eigenvalue weighted by atomic mass is 16.5. The molecule has 0 unspecified atom stereocenters. The summed E-state index contributed by atoms with van der Waals surface area (Å²) in [6, 6.07) is 12.0. The molecule has 132 valence electrons. The van der Waals surface area contributed by atoms with Gasteiger partial charge in [0.05, 0.1) is 0 Å². The Kier molecular flexibility index (Phi) is 4.93. The number of nitrogens with one attached hydrogen (secondary N) is 2. The molecule has 2 saturated carbocycles. The lowest BCUT2D eigenvalue weighted by Gasteiger charge is -2.42. The van der Waals surface area contributed by atoms with E-state index in [0.717, 1.165) is 50.5 Å². The maximum atomic E-state index is 5.67. The van der Waals surface area contributed by atoms with E-state index < -0.39 is 0 Å². The zero-order chi connectivity index (χ0) is 16.4. The number of benzene rings is 1. The first kappa shape index (κ1) is 16.6. The average molecular weight is 328 g/mol. The van der Waals surface area contributed by atoms with Gasteiger partial charge >= 0.3 is 0 Å². The van der Waals surface area contributed by atoms with E-state index in [9.17, 15) is 0 Å². The highest BCUT2D eigenvalue weighted by Crippen LogP contribution is 2.44. The largest absolute Gasteiger partial charge is 0.381 e. The zero-order valence-corrected chi connectivity index (χ0v) is 15.0. The summed E-state index contributed by atoms with van der Waals surface area (Å²) in [6.45, 7) is 5.15. The first-order chi connectivity index (χ1) is 11.8. The van der Waals surface area contributed by atoms with E-state index in [1.807, 2.05) is 0 Å². The van der Waals surface area contributed by atoms with E-state index in [4.69, 9.17) is 4.74 Å². The molecule has 0 radical (unpaired) electrons. The fourth-order valence-corrected chi connectivity index (χ4v) is 4.36. The van der Waals surface area contributed by atoms with Crippen LogP contribution >= 0.6 is 0 Å². The van der Waals surface area contributed by atoms with Crippen LogP contribution in [0.1, 0.15) is 57.1 Å². The molecule has 1 heterocycles. The molecule has 1 aromatic rings. The Morgan fingerprint density at radius 2 is 1.67 bits per heavy atom. The summed E-state index contributed by atoms with van der Waals surface area (Å²) in [7, 11) is 0. The first-order valence-electron chi connectivity index (χ1n) is 9.90. The second kappa shape index (κ2) is 7.15. The van der Waals surface area contributed by atoms with E-state index in [0.29, 0.717) is 6.04 Å². The summed E-state index contributed by atoms with van der Waals surface area (Å²) in [5, 5.41) is 7.97. The minimum absolute atomic E-state index is 0.176. The van der Waals surface area contributed by atoms with Crippen LogP contribution in [0, 0.1) is 11.8 Å². The van der Waals surface area contributed by atoms with Crippen LogP contribution in [0.3, 0.4) is 0 Å². The van der Waals surface area contributed by atoms with Crippen molar-refractivity contribution in [2.75, 3.05) is 19.8 Å². The quantitative estimate of drug-likeness (QED) is 0.764. The Hall–Kier alpha value is -0.900. The molecule has 0 aromatic heterocycles. The van der Waals surface area contributed by atoms with Crippen molar-refractivity contribution >= 4 is 0 Å². The molecule has 3 fully saturated rings. The minimum atomic E-state index is 0.176. The summed E-state index contributed by atoms with van der Waals surface area (Å²) in [5.74, 6) is 1.92. The average Bonchev–Trinajstić information content (AvgIpc) is 3.51. The van der Waals surface area contributed by atoms with Gasteiger partial charge in [-0.15, -0.1) is 0 Å². The van der Waals surface area contributed by atoms with Gasteiger partial charge in [0.2, 0.25) is 0 Å². The maximum Gasteiger partial charge on any atom is 0.0484 e. The fraction of sp³-hybridized carbons (Fsp3) is 0.714. The number of hydrogen-bond acceptors (Lipinski definition) is 3. The molecule has 0 bridgehead atoms. The van der Waals surface area contributed by atoms with Crippen LogP contribution in [0.15, 0.2) is 30.3 Å². The molecule has 0 amide bonds. The van der Waals surface area contributed by atoms with Gasteiger partial charge in [0.15, 0.2) is 0 Å². The first-order valence-corrected chi connectivity index (χ1v) is 9.90. The van der Waals surface area contributed by atoms with Gasteiger partial charge in [0.25, 0.3) is 0 Å². The number of rotatable bonds is 8. The molecular weight excluding hydrogens is 296 g/mol. The van der Waals surface area contributed by atoms with E-state index in [1.165, 1.54) is 31.2 Å². The molecule has 3 aliphatic rings. The van der Waals surface area contributed by atoms with Gasteiger partial charge in [-0.2, -0.15) is 0 Å². The SMILES string of the molecule is C[C@@H](NC1(CNC(C2CC2)C2CC2)CCOCC1)c1ccccc1. The Morgan fingerprint density at radius 3 is 2.25 bits per heavy atom. The molecular formula is C21H32N2O. The second-order valence-corrected chi connectivity index (χ2v) is 8.25. The third-order valence-electron chi connectivity index (χ3n) is 6.21. The zero-order valence-electron chi connectivity index (χ0n) is 15.0. The molecule has 3 nitrogen and oxygen atoms in total. The van der Waals surface area contributed by atoms with Crippen molar-refractivity contribution in [1.29, 1.82) is 0 Å². The van der Waals surface area contributed by atoms with Crippen LogP contribution < -0.4 is 10.6 Å². The van der Waals surface area contributed by atoms with Gasteiger partial charge < -0.3 is 15.4 Å². The van der Waals surface area contributed by atoms with Gasteiger partial charge in [-0.05, 0) is 62.8 Å². The summed E-state index contributed by atoms with van der Waals surface area (Å²) in [6.07, 6.45) is 7.99. The number of hydrogen-bond donors (Lipinski definition) is 2. The third-order valence-corrected chi connectivity index (χ3v) is 6.21. The van der Waals surface area contributed by atoms with Gasteiger partial charge in [-0.25, -0.2) is 0 Å². The number of ether oxygens (including phenoxy) is 1. The van der Waals surface area contributed by atoms with Crippen LogP contribution in [0.2, 0.25) is 0 Å². The molecule has 0 spiro atoms. The van der Waals surface area contributed by atoms with E-state index >= 15 is 0 Å². The van der Waals surface area contributed by atoms with Crippen molar-refractivity contribution in [2.24, 2.45) is 11.8 Å². The van der Waals surface area contributed by atoms with Crippen LogP contribution in [-0.4, -0.2) is 31.3 Å². The van der Waals surface area contributed by atoms with Gasteiger partial charge in [-0.3, -0.25) is 0 Å². The third kappa shape index (κ3) is 4.01. The van der Waals surface area contributed by atoms with Crippen LogP contribution in [-0.2, 0) is 4.74 Å². The Morgan fingerprint density at radius 1 is 1.04 bits per heavy atom. The molecule has 24 heavy (non-hydrogen) atoms. The Labute approximate surface area is 146 Å². The van der Waals surface area contributed by atoms with Crippen molar-refractivity contribution < 1.29 is 4.74 Å². The molecule has 1 saturated heterocycles. The lowest BCUT2D eigenvalue weighted by atomic mass is 9.87. The predicted octanol–water partition coefficient (Wildman–Crippen LogP) is 3.66. The topological polar surface area (TPSA) is 33.3 Å². The minimum Gasteiger partial charge on any atom is -0.381 e. The van der Waals surface area contributed by atoms with Gasteiger partial charge in [0, 0.05) is 37.4 Å². The van der Waals surface area contributed by atoms with Crippen molar-refractivity contribution in [1.82, 2.24) is 10.6 Å². The highest BCUT2D eigenvalue weighted by molar-refractivity contribution is 5.19. The molecule has 1 aromatic carbocycles. The van der Waals surface area contributed by atoms with E-state index in [1.54, 1.807) is 0 Å². The molecule has 2 aliphatic carbocycles. The summed E-state index contributed by atoms with van der Waals surface area (Å²) in [5.41, 5.74) is 1.56. The predicted molar refractivity (Wildman–Crippen MR) is 98.0 cm³/mol.